The largest absolute Gasteiger partial charge is 0.490 e. The molecule has 2 aromatic carbocycles. The number of amides is 3. The minimum Gasteiger partial charge on any atom is -0.475 e. The summed E-state index contributed by atoms with van der Waals surface area (Å²) in [5.41, 5.74) is 9.51. The van der Waals surface area contributed by atoms with Crippen LogP contribution in [-0.2, 0) is 17.8 Å². The number of carboxylic acids is 1. The molecule has 3 amide bonds. The zero-order valence-electron chi connectivity index (χ0n) is 18.4. The van der Waals surface area contributed by atoms with Crippen molar-refractivity contribution in [1.82, 2.24) is 10.2 Å². The number of aromatic nitrogens is 2. The Hall–Kier alpha value is -4.55. The van der Waals surface area contributed by atoms with E-state index in [-0.39, 0.29) is 11.7 Å². The minimum atomic E-state index is -5.08. The molecule has 1 aromatic heterocycles. The number of hydrogen-bond donors (Lipinski definition) is 6. The number of carbonyl (C=O) groups is 3. The van der Waals surface area contributed by atoms with E-state index in [1.54, 1.807) is 6.07 Å². The Bertz CT molecular complexity index is 1180. The third-order valence-corrected chi connectivity index (χ3v) is 4.39. The molecule has 13 heteroatoms. The first kappa shape index (κ1) is 26.7. The minimum absolute atomic E-state index is 0.225. The van der Waals surface area contributed by atoms with E-state index in [9.17, 15) is 22.8 Å². The number of carboxylic acid groups (broad SMARTS) is 1. The SMILES string of the molecule is CCc1cccc(NC(=O)Nc2cccc(CNc3cn[nH]c3C(N)=O)c2)c1.O=C(O)C(F)(F)F. The molecule has 0 bridgehead atoms. The fourth-order valence-corrected chi connectivity index (χ4v) is 2.73. The highest BCUT2D eigenvalue weighted by atomic mass is 19.4. The lowest BCUT2D eigenvalue weighted by Crippen LogP contribution is -2.21. The van der Waals surface area contributed by atoms with Crippen LogP contribution in [0.1, 0.15) is 28.5 Å². The average molecular weight is 492 g/mol. The second kappa shape index (κ2) is 12.1. The first-order valence-electron chi connectivity index (χ1n) is 10.1. The number of H-pyrrole nitrogens is 1. The molecule has 0 aliphatic carbocycles. The molecular weight excluding hydrogens is 469 g/mol. The lowest BCUT2D eigenvalue weighted by Gasteiger charge is -2.10. The van der Waals surface area contributed by atoms with E-state index in [1.807, 2.05) is 42.5 Å². The maximum atomic E-state index is 12.3. The van der Waals surface area contributed by atoms with Gasteiger partial charge in [-0.05, 0) is 41.8 Å². The summed E-state index contributed by atoms with van der Waals surface area (Å²) in [6.45, 7) is 2.50. The number of anilines is 3. The number of urea groups is 1. The third-order valence-electron chi connectivity index (χ3n) is 4.39. The number of primary amides is 1. The van der Waals surface area contributed by atoms with Crippen LogP contribution < -0.4 is 21.7 Å². The van der Waals surface area contributed by atoms with Gasteiger partial charge in [-0.2, -0.15) is 18.3 Å². The van der Waals surface area contributed by atoms with Crippen molar-refractivity contribution in [2.45, 2.75) is 26.1 Å². The Labute approximate surface area is 197 Å². The van der Waals surface area contributed by atoms with Gasteiger partial charge in [0.2, 0.25) is 0 Å². The smallest absolute Gasteiger partial charge is 0.475 e. The lowest BCUT2D eigenvalue weighted by molar-refractivity contribution is -0.192. The zero-order chi connectivity index (χ0) is 26.0. The maximum absolute atomic E-state index is 12.3. The number of aryl methyl sites for hydroxylation is 1. The van der Waals surface area contributed by atoms with E-state index < -0.39 is 18.1 Å². The molecule has 7 N–H and O–H groups in total. The first-order valence-corrected chi connectivity index (χ1v) is 10.1. The fraction of sp³-hybridized carbons (Fsp3) is 0.182. The summed E-state index contributed by atoms with van der Waals surface area (Å²) in [4.78, 5) is 32.5. The monoisotopic (exact) mass is 492 g/mol. The van der Waals surface area contributed by atoms with Crippen LogP contribution in [-0.4, -0.2) is 39.4 Å². The lowest BCUT2D eigenvalue weighted by atomic mass is 10.1. The number of nitrogens with zero attached hydrogens (tertiary/aromatic N) is 1. The van der Waals surface area contributed by atoms with Crippen LogP contribution in [0.2, 0.25) is 0 Å². The third kappa shape index (κ3) is 8.72. The first-order chi connectivity index (χ1) is 16.5. The quantitative estimate of drug-likeness (QED) is 0.292. The molecule has 1 heterocycles. The standard InChI is InChI=1S/C20H22N6O2.C2HF3O2/c1-2-13-5-3-7-15(9-13)24-20(28)25-16-8-4-6-14(10-16)11-22-17-12-23-26-18(17)19(21)27;3-2(4,5)1(6)7/h3-10,12,22H,2,11H2,1H3,(H2,21,27)(H,23,26)(H2,24,25,28);(H,6,7). The number of aromatic amines is 1. The molecule has 35 heavy (non-hydrogen) atoms. The summed E-state index contributed by atoms with van der Waals surface area (Å²) < 4.78 is 31.7. The van der Waals surface area contributed by atoms with Crippen molar-refractivity contribution >= 4 is 35.0 Å². The molecule has 0 unspecified atom stereocenters. The highest BCUT2D eigenvalue weighted by Crippen LogP contribution is 2.17. The van der Waals surface area contributed by atoms with Gasteiger partial charge < -0.3 is 26.8 Å². The van der Waals surface area contributed by atoms with Crippen molar-refractivity contribution in [3.8, 4) is 0 Å². The summed E-state index contributed by atoms with van der Waals surface area (Å²) in [5, 5.41) is 22.2. The van der Waals surface area contributed by atoms with Gasteiger partial charge in [-0.25, -0.2) is 9.59 Å². The van der Waals surface area contributed by atoms with Crippen molar-refractivity contribution in [1.29, 1.82) is 0 Å². The number of alkyl halides is 3. The molecule has 0 aliphatic heterocycles. The van der Waals surface area contributed by atoms with Gasteiger partial charge in [0.05, 0.1) is 11.9 Å². The van der Waals surface area contributed by atoms with Gasteiger partial charge in [-0.1, -0.05) is 31.2 Å². The van der Waals surface area contributed by atoms with Gasteiger partial charge in [0, 0.05) is 17.9 Å². The van der Waals surface area contributed by atoms with Crippen molar-refractivity contribution < 1.29 is 32.7 Å². The van der Waals surface area contributed by atoms with Crippen LogP contribution in [0.15, 0.2) is 54.7 Å². The number of carbonyl (C=O) groups excluding carboxylic acids is 2. The van der Waals surface area contributed by atoms with Crippen LogP contribution in [0.3, 0.4) is 0 Å². The number of rotatable bonds is 7. The van der Waals surface area contributed by atoms with Crippen LogP contribution in [0.25, 0.3) is 0 Å². The molecule has 3 rings (SSSR count). The highest BCUT2D eigenvalue weighted by Gasteiger charge is 2.38. The second-order valence-electron chi connectivity index (χ2n) is 7.01. The van der Waals surface area contributed by atoms with Gasteiger partial charge in [0.25, 0.3) is 5.91 Å². The molecular formula is C22H23F3N6O4. The molecule has 0 fully saturated rings. The van der Waals surface area contributed by atoms with E-state index in [4.69, 9.17) is 15.6 Å². The molecule has 3 aromatic rings. The molecule has 186 valence electrons. The van der Waals surface area contributed by atoms with E-state index in [1.165, 1.54) is 6.20 Å². The molecule has 0 radical (unpaired) electrons. The van der Waals surface area contributed by atoms with Crippen molar-refractivity contribution in [3.63, 3.8) is 0 Å². The molecule has 0 saturated heterocycles. The average Bonchev–Trinajstić information content (AvgIpc) is 3.27. The topological polar surface area (TPSA) is 162 Å². The number of benzene rings is 2. The number of aliphatic carboxylic acids is 1. The van der Waals surface area contributed by atoms with Gasteiger partial charge in [-0.3, -0.25) is 9.89 Å². The van der Waals surface area contributed by atoms with Crippen LogP contribution in [0, 0.1) is 0 Å². The second-order valence-corrected chi connectivity index (χ2v) is 7.01. The predicted octanol–water partition coefficient (Wildman–Crippen LogP) is 3.96. The number of nitrogens with two attached hydrogens (primary N) is 1. The Kier molecular flexibility index (Phi) is 9.20. The van der Waals surface area contributed by atoms with E-state index in [0.717, 1.165) is 23.2 Å². The van der Waals surface area contributed by atoms with Crippen molar-refractivity contribution in [3.05, 3.63) is 71.5 Å². The van der Waals surface area contributed by atoms with Crippen LogP contribution in [0.4, 0.5) is 35.0 Å². The van der Waals surface area contributed by atoms with E-state index >= 15 is 0 Å². The zero-order valence-corrected chi connectivity index (χ0v) is 18.4. The number of halogens is 3. The Balaban J connectivity index is 0.000000540. The van der Waals surface area contributed by atoms with Crippen molar-refractivity contribution in [2.24, 2.45) is 5.73 Å². The van der Waals surface area contributed by atoms with Gasteiger partial charge in [0.1, 0.15) is 5.69 Å². The van der Waals surface area contributed by atoms with Crippen LogP contribution in [0.5, 0.6) is 0 Å². The van der Waals surface area contributed by atoms with Crippen molar-refractivity contribution in [2.75, 3.05) is 16.0 Å². The summed E-state index contributed by atoms with van der Waals surface area (Å²) in [6.07, 6.45) is -2.68. The van der Waals surface area contributed by atoms with E-state index in [2.05, 4.69) is 33.1 Å². The Morgan fingerprint density at radius 1 is 1.03 bits per heavy atom. The normalized spacial score (nSPS) is 10.5. The van der Waals surface area contributed by atoms with Gasteiger partial charge in [-0.15, -0.1) is 0 Å². The van der Waals surface area contributed by atoms with Gasteiger partial charge >= 0.3 is 18.2 Å². The molecule has 10 nitrogen and oxygen atoms in total. The maximum Gasteiger partial charge on any atom is 0.490 e. The fourth-order valence-electron chi connectivity index (χ4n) is 2.73. The predicted molar refractivity (Wildman–Crippen MR) is 123 cm³/mol. The number of nitrogens with one attached hydrogen (secondary N) is 4. The van der Waals surface area contributed by atoms with E-state index in [0.29, 0.717) is 17.9 Å². The summed E-state index contributed by atoms with van der Waals surface area (Å²) >= 11 is 0. The van der Waals surface area contributed by atoms with Crippen LogP contribution >= 0.6 is 0 Å². The highest BCUT2D eigenvalue weighted by molar-refractivity contribution is 5.99. The summed E-state index contributed by atoms with van der Waals surface area (Å²) in [5.74, 6) is -3.34. The molecule has 0 saturated carbocycles. The number of hydrogen-bond acceptors (Lipinski definition) is 5. The summed E-state index contributed by atoms with van der Waals surface area (Å²) in [6, 6.07) is 14.8. The summed E-state index contributed by atoms with van der Waals surface area (Å²) in [7, 11) is 0. The molecule has 0 atom stereocenters. The molecule has 0 spiro atoms. The Morgan fingerprint density at radius 2 is 1.57 bits per heavy atom. The Morgan fingerprint density at radius 3 is 2.09 bits per heavy atom. The van der Waals surface area contributed by atoms with Gasteiger partial charge in [0.15, 0.2) is 0 Å². The molecule has 0 aliphatic rings.